The van der Waals surface area contributed by atoms with Gasteiger partial charge in [-0.1, -0.05) is 0 Å². The molecule has 2 aromatic heterocycles. The second kappa shape index (κ2) is 11.0. The minimum atomic E-state index is -1.21. The summed E-state index contributed by atoms with van der Waals surface area (Å²) in [7, 11) is 1.53. The number of nitrogens with zero attached hydrogens (tertiary/aromatic N) is 2. The van der Waals surface area contributed by atoms with Crippen LogP contribution in [0.25, 0.3) is 0 Å². The molecular weight excluding hydrogens is 467 g/mol. The van der Waals surface area contributed by atoms with Gasteiger partial charge in [0.25, 0.3) is 5.91 Å². The summed E-state index contributed by atoms with van der Waals surface area (Å²) in [6, 6.07) is 10.1. The van der Waals surface area contributed by atoms with E-state index < -0.39 is 18.1 Å². The third-order valence-electron chi connectivity index (χ3n) is 5.82. The van der Waals surface area contributed by atoms with Gasteiger partial charge in [0.1, 0.15) is 18.0 Å². The largest absolute Gasteiger partial charge is 0.497 e. The van der Waals surface area contributed by atoms with E-state index in [2.05, 4.69) is 25.9 Å². The lowest BCUT2D eigenvalue weighted by Crippen LogP contribution is -2.59. The van der Waals surface area contributed by atoms with Crippen molar-refractivity contribution in [2.75, 3.05) is 31.4 Å². The summed E-state index contributed by atoms with van der Waals surface area (Å²) in [5, 5.41) is 8.75. The van der Waals surface area contributed by atoms with Gasteiger partial charge in [0.05, 0.1) is 49.1 Å². The Balaban J connectivity index is 1.38. The maximum atomic E-state index is 13.4. The van der Waals surface area contributed by atoms with Crippen LogP contribution in [-0.4, -0.2) is 47.6 Å². The van der Waals surface area contributed by atoms with Crippen LogP contribution in [0, 0.1) is 0 Å². The van der Waals surface area contributed by atoms with E-state index >= 15 is 0 Å². The number of alkyl halides is 1. The van der Waals surface area contributed by atoms with Crippen molar-refractivity contribution in [2.24, 2.45) is 0 Å². The smallest absolute Gasteiger partial charge is 0.253 e. The molecule has 1 aliphatic heterocycles. The van der Waals surface area contributed by atoms with Crippen molar-refractivity contribution in [3.8, 4) is 5.75 Å². The van der Waals surface area contributed by atoms with Crippen molar-refractivity contribution < 1.29 is 23.5 Å². The van der Waals surface area contributed by atoms with Crippen LogP contribution in [0.3, 0.4) is 0 Å². The second-order valence-corrected chi connectivity index (χ2v) is 8.35. The molecule has 0 radical (unpaired) electrons. The van der Waals surface area contributed by atoms with Crippen LogP contribution in [0.4, 0.5) is 21.5 Å². The Morgan fingerprint density at radius 2 is 2.06 bits per heavy atom. The van der Waals surface area contributed by atoms with Gasteiger partial charge in [-0.2, -0.15) is 0 Å². The minimum absolute atomic E-state index is 0.0510. The predicted molar refractivity (Wildman–Crippen MR) is 131 cm³/mol. The molecule has 188 valence electrons. The molecule has 4 rings (SSSR count). The van der Waals surface area contributed by atoms with Crippen LogP contribution in [-0.2, 0) is 22.8 Å². The number of anilines is 3. The zero-order chi connectivity index (χ0) is 25.5. The van der Waals surface area contributed by atoms with Crippen molar-refractivity contribution in [3.63, 3.8) is 0 Å². The molecule has 0 bridgehead atoms. The van der Waals surface area contributed by atoms with Gasteiger partial charge in [-0.3, -0.25) is 19.6 Å². The predicted octanol–water partition coefficient (Wildman–Crippen LogP) is 2.49. The maximum absolute atomic E-state index is 13.4. The number of nitrogen functional groups attached to an aromatic ring is 1. The molecule has 0 aliphatic carbocycles. The first-order chi connectivity index (χ1) is 17.4. The summed E-state index contributed by atoms with van der Waals surface area (Å²) in [6.07, 6.45) is 4.74. The number of rotatable bonds is 9. The molecule has 1 saturated heterocycles. The lowest BCUT2D eigenvalue weighted by atomic mass is 9.96. The summed E-state index contributed by atoms with van der Waals surface area (Å²) in [6.45, 7) is -0.106. The van der Waals surface area contributed by atoms with E-state index in [9.17, 15) is 14.0 Å². The molecule has 10 nitrogen and oxygen atoms in total. The molecule has 3 heterocycles. The minimum Gasteiger partial charge on any atom is -0.497 e. The fraction of sp³-hybridized carbons (Fsp3) is 0.280. The highest BCUT2D eigenvalue weighted by Crippen LogP contribution is 2.26. The number of aromatic nitrogens is 2. The molecule has 36 heavy (non-hydrogen) atoms. The van der Waals surface area contributed by atoms with E-state index in [1.54, 1.807) is 36.5 Å². The lowest BCUT2D eigenvalue weighted by Gasteiger charge is -2.27. The Morgan fingerprint density at radius 1 is 1.19 bits per heavy atom. The highest BCUT2D eigenvalue weighted by Gasteiger charge is 2.43. The Morgan fingerprint density at radius 3 is 2.72 bits per heavy atom. The first-order valence-corrected chi connectivity index (χ1v) is 11.3. The number of halogens is 1. The van der Waals surface area contributed by atoms with Crippen molar-refractivity contribution in [3.05, 3.63) is 71.8 Å². The molecule has 1 aliphatic rings. The standard InChI is InChI=1S/C25H27FN6O4/c1-35-21-4-5-22(16(9-21)10-26)31-20-3-2-19(29-14-20)13-30-24(34)25(6-7-36-15-25)32-23(33)17-8-18(27)12-28-11-17/h2-5,8-9,11-12,14,31H,6-7,10,13,15,27H2,1H3,(H,30,34)(H,32,33)/t25-/m0/s1. The van der Waals surface area contributed by atoms with E-state index in [-0.39, 0.29) is 24.6 Å². The fourth-order valence-electron chi connectivity index (χ4n) is 3.80. The van der Waals surface area contributed by atoms with Gasteiger partial charge >= 0.3 is 0 Å². The number of carbonyl (C=O) groups is 2. The maximum Gasteiger partial charge on any atom is 0.253 e. The number of hydrogen-bond donors (Lipinski definition) is 4. The van der Waals surface area contributed by atoms with Crippen LogP contribution in [0.5, 0.6) is 5.75 Å². The number of amides is 2. The van der Waals surface area contributed by atoms with Crippen molar-refractivity contribution in [1.29, 1.82) is 0 Å². The van der Waals surface area contributed by atoms with E-state index in [1.165, 1.54) is 25.6 Å². The van der Waals surface area contributed by atoms with Crippen LogP contribution in [0.1, 0.15) is 28.0 Å². The molecule has 0 unspecified atom stereocenters. The lowest BCUT2D eigenvalue weighted by molar-refractivity contribution is -0.127. The number of nitrogens with two attached hydrogens (primary N) is 1. The highest BCUT2D eigenvalue weighted by atomic mass is 19.1. The molecule has 3 aromatic rings. The molecule has 1 fully saturated rings. The summed E-state index contributed by atoms with van der Waals surface area (Å²) >= 11 is 0. The summed E-state index contributed by atoms with van der Waals surface area (Å²) < 4.78 is 24.0. The van der Waals surface area contributed by atoms with Crippen LogP contribution in [0.15, 0.2) is 55.0 Å². The number of nitrogens with one attached hydrogen (secondary N) is 3. The van der Waals surface area contributed by atoms with Gasteiger partial charge in [-0.25, -0.2) is 4.39 Å². The van der Waals surface area contributed by atoms with Crippen molar-refractivity contribution in [2.45, 2.75) is 25.2 Å². The molecule has 5 N–H and O–H groups in total. The third-order valence-corrected chi connectivity index (χ3v) is 5.82. The first-order valence-electron chi connectivity index (χ1n) is 11.3. The Labute approximate surface area is 207 Å². The molecule has 1 aromatic carbocycles. The number of pyridine rings is 2. The van der Waals surface area contributed by atoms with E-state index in [0.29, 0.717) is 47.1 Å². The number of benzene rings is 1. The normalized spacial score (nSPS) is 16.8. The Hall–Kier alpha value is -4.25. The van der Waals surface area contributed by atoms with E-state index in [4.69, 9.17) is 15.2 Å². The summed E-state index contributed by atoms with van der Waals surface area (Å²) in [4.78, 5) is 34.1. The third kappa shape index (κ3) is 5.69. The van der Waals surface area contributed by atoms with Gasteiger partial charge in [-0.05, 0) is 36.4 Å². The van der Waals surface area contributed by atoms with Gasteiger partial charge in [0, 0.05) is 36.7 Å². The molecule has 0 saturated carbocycles. The van der Waals surface area contributed by atoms with Gasteiger partial charge in [0.2, 0.25) is 5.91 Å². The second-order valence-electron chi connectivity index (χ2n) is 8.35. The zero-order valence-electron chi connectivity index (χ0n) is 19.7. The zero-order valence-corrected chi connectivity index (χ0v) is 19.7. The van der Waals surface area contributed by atoms with Gasteiger partial charge < -0.3 is 31.2 Å². The van der Waals surface area contributed by atoms with Gasteiger partial charge in [0.15, 0.2) is 0 Å². The fourth-order valence-corrected chi connectivity index (χ4v) is 3.80. The van der Waals surface area contributed by atoms with Crippen LogP contribution >= 0.6 is 0 Å². The van der Waals surface area contributed by atoms with Gasteiger partial charge in [-0.15, -0.1) is 0 Å². The molecule has 1 atom stereocenters. The van der Waals surface area contributed by atoms with E-state index in [1.807, 2.05) is 0 Å². The van der Waals surface area contributed by atoms with Crippen LogP contribution < -0.4 is 26.4 Å². The molecule has 0 spiro atoms. The monoisotopic (exact) mass is 494 g/mol. The summed E-state index contributed by atoms with van der Waals surface area (Å²) in [5.41, 5.74) is 7.44. The quantitative estimate of drug-likeness (QED) is 0.356. The highest BCUT2D eigenvalue weighted by molar-refractivity contribution is 5.99. The molecule has 11 heteroatoms. The van der Waals surface area contributed by atoms with E-state index in [0.717, 1.165) is 0 Å². The topological polar surface area (TPSA) is 140 Å². The molecule has 2 amide bonds. The molecular formula is C25H27FN6O4. The average molecular weight is 495 g/mol. The average Bonchev–Trinajstić information content (AvgIpc) is 3.38. The number of hydrogen-bond acceptors (Lipinski definition) is 8. The summed E-state index contributed by atoms with van der Waals surface area (Å²) in [5.74, 6) is -0.265. The van der Waals surface area contributed by atoms with Crippen molar-refractivity contribution >= 4 is 28.9 Å². The number of ether oxygens (including phenoxy) is 2. The Kier molecular flexibility index (Phi) is 7.59. The van der Waals surface area contributed by atoms with Crippen molar-refractivity contribution in [1.82, 2.24) is 20.6 Å². The number of carbonyl (C=O) groups excluding carboxylic acids is 2. The Bertz CT molecular complexity index is 1230. The number of methoxy groups -OCH3 is 1. The SMILES string of the molecule is COc1ccc(Nc2ccc(CNC(=O)[C@]3(NC(=O)c4cncc(N)c4)CCOC3)nc2)c(CF)c1. The van der Waals surface area contributed by atoms with Crippen LogP contribution in [0.2, 0.25) is 0 Å². The first kappa shape index (κ1) is 24.9.